The van der Waals surface area contributed by atoms with Crippen LogP contribution in [-0.2, 0) is 22.6 Å². The van der Waals surface area contributed by atoms with Crippen molar-refractivity contribution in [1.29, 1.82) is 0 Å². The molecule has 0 N–H and O–H groups in total. The molecular weight excluding hydrogens is 358 g/mol. The molecular formula is C26H29NO2. The summed E-state index contributed by atoms with van der Waals surface area (Å²) in [5, 5.41) is 0. The van der Waals surface area contributed by atoms with Crippen LogP contribution in [0.3, 0.4) is 0 Å². The molecule has 1 heterocycles. The van der Waals surface area contributed by atoms with Crippen molar-refractivity contribution in [2.45, 2.75) is 44.9 Å². The minimum absolute atomic E-state index is 0.0279. The molecule has 3 heteroatoms. The van der Waals surface area contributed by atoms with Crippen molar-refractivity contribution in [3.63, 3.8) is 0 Å². The predicted octanol–water partition coefficient (Wildman–Crippen LogP) is 5.58. The smallest absolute Gasteiger partial charge is 0.163 e. The van der Waals surface area contributed by atoms with E-state index in [9.17, 15) is 0 Å². The minimum Gasteiger partial charge on any atom is -0.348 e. The third-order valence-corrected chi connectivity index (χ3v) is 5.37. The van der Waals surface area contributed by atoms with Crippen molar-refractivity contribution >= 4 is 0 Å². The molecule has 1 fully saturated rings. The van der Waals surface area contributed by atoms with Gasteiger partial charge in [0.25, 0.3) is 0 Å². The third kappa shape index (κ3) is 5.13. The molecule has 0 radical (unpaired) electrons. The van der Waals surface area contributed by atoms with Crippen molar-refractivity contribution in [3.8, 4) is 0 Å². The van der Waals surface area contributed by atoms with Gasteiger partial charge in [0, 0.05) is 13.1 Å². The van der Waals surface area contributed by atoms with E-state index >= 15 is 0 Å². The Hall–Kier alpha value is -2.46. The van der Waals surface area contributed by atoms with Crippen LogP contribution in [0.4, 0.5) is 0 Å². The molecule has 0 saturated carbocycles. The van der Waals surface area contributed by atoms with E-state index in [4.69, 9.17) is 9.47 Å². The average molecular weight is 388 g/mol. The number of nitrogens with zero attached hydrogens (tertiary/aromatic N) is 1. The SMILES string of the molecule is CC1(C)OCC(C(c2ccccc2)N(Cc2ccccc2)Cc2ccccc2)O1. The molecule has 0 bridgehead atoms. The summed E-state index contributed by atoms with van der Waals surface area (Å²) in [4.78, 5) is 2.51. The summed E-state index contributed by atoms with van der Waals surface area (Å²) >= 11 is 0. The zero-order valence-corrected chi connectivity index (χ0v) is 17.2. The van der Waals surface area contributed by atoms with Crippen LogP contribution < -0.4 is 0 Å². The van der Waals surface area contributed by atoms with Gasteiger partial charge in [-0.25, -0.2) is 0 Å². The lowest BCUT2D eigenvalue weighted by Crippen LogP contribution is -2.38. The van der Waals surface area contributed by atoms with Gasteiger partial charge >= 0.3 is 0 Å². The summed E-state index contributed by atoms with van der Waals surface area (Å²) in [6, 6.07) is 32.1. The highest BCUT2D eigenvalue weighted by molar-refractivity contribution is 5.24. The molecule has 29 heavy (non-hydrogen) atoms. The van der Waals surface area contributed by atoms with Crippen LogP contribution >= 0.6 is 0 Å². The van der Waals surface area contributed by atoms with E-state index in [0.717, 1.165) is 13.1 Å². The molecule has 3 aromatic carbocycles. The lowest BCUT2D eigenvalue weighted by molar-refractivity contribution is -0.147. The van der Waals surface area contributed by atoms with E-state index in [1.807, 2.05) is 13.8 Å². The highest BCUT2D eigenvalue weighted by atomic mass is 16.7. The Morgan fingerprint density at radius 3 is 1.72 bits per heavy atom. The fraction of sp³-hybridized carbons (Fsp3) is 0.308. The highest BCUT2D eigenvalue weighted by Gasteiger charge is 2.40. The monoisotopic (exact) mass is 387 g/mol. The molecule has 3 aromatic rings. The van der Waals surface area contributed by atoms with Crippen molar-refractivity contribution < 1.29 is 9.47 Å². The van der Waals surface area contributed by atoms with E-state index < -0.39 is 5.79 Å². The molecule has 3 nitrogen and oxygen atoms in total. The number of rotatable bonds is 7. The first-order valence-corrected chi connectivity index (χ1v) is 10.3. The van der Waals surface area contributed by atoms with Crippen LogP contribution in [-0.4, -0.2) is 23.4 Å². The summed E-state index contributed by atoms with van der Waals surface area (Å²) in [5.41, 5.74) is 3.84. The first-order valence-electron chi connectivity index (χ1n) is 10.3. The molecule has 0 aromatic heterocycles. The quantitative estimate of drug-likeness (QED) is 0.528. The van der Waals surface area contributed by atoms with E-state index in [1.54, 1.807) is 0 Å². The van der Waals surface area contributed by atoms with E-state index in [-0.39, 0.29) is 12.1 Å². The topological polar surface area (TPSA) is 21.7 Å². The van der Waals surface area contributed by atoms with Gasteiger partial charge in [0.15, 0.2) is 5.79 Å². The Kier molecular flexibility index (Phi) is 6.10. The van der Waals surface area contributed by atoms with Gasteiger partial charge < -0.3 is 9.47 Å². The number of hydrogen-bond acceptors (Lipinski definition) is 3. The third-order valence-electron chi connectivity index (χ3n) is 5.37. The second-order valence-electron chi connectivity index (χ2n) is 8.10. The first-order chi connectivity index (χ1) is 14.1. The number of hydrogen-bond donors (Lipinski definition) is 0. The number of benzene rings is 3. The van der Waals surface area contributed by atoms with Crippen molar-refractivity contribution in [2.24, 2.45) is 0 Å². The van der Waals surface area contributed by atoms with Gasteiger partial charge in [0.1, 0.15) is 6.10 Å². The van der Waals surface area contributed by atoms with Crippen LogP contribution in [0, 0.1) is 0 Å². The van der Waals surface area contributed by atoms with E-state index in [1.165, 1.54) is 16.7 Å². The van der Waals surface area contributed by atoms with Gasteiger partial charge in [0.05, 0.1) is 12.6 Å². The van der Waals surface area contributed by atoms with E-state index in [0.29, 0.717) is 6.61 Å². The maximum absolute atomic E-state index is 6.36. The summed E-state index contributed by atoms with van der Waals surface area (Å²) in [6.07, 6.45) is -0.0279. The molecule has 2 atom stereocenters. The van der Waals surface area contributed by atoms with Gasteiger partial charge in [-0.05, 0) is 30.5 Å². The van der Waals surface area contributed by atoms with Crippen LogP contribution in [0.2, 0.25) is 0 Å². The van der Waals surface area contributed by atoms with E-state index in [2.05, 4.69) is 95.9 Å². The predicted molar refractivity (Wildman–Crippen MR) is 116 cm³/mol. The van der Waals surface area contributed by atoms with Crippen LogP contribution in [0.5, 0.6) is 0 Å². The molecule has 0 spiro atoms. The highest BCUT2D eigenvalue weighted by Crippen LogP contribution is 2.36. The Morgan fingerprint density at radius 1 is 0.793 bits per heavy atom. The molecule has 0 aliphatic carbocycles. The standard InChI is InChI=1S/C26H29NO2/c1-26(2)28-20-24(29-26)25(23-16-10-5-11-17-23)27(18-21-12-6-3-7-13-21)19-22-14-8-4-9-15-22/h3-17,24-25H,18-20H2,1-2H3. The lowest BCUT2D eigenvalue weighted by atomic mass is 9.98. The Balaban J connectivity index is 1.70. The summed E-state index contributed by atoms with van der Waals surface area (Å²) in [5.74, 6) is -0.553. The van der Waals surface area contributed by atoms with Gasteiger partial charge in [-0.1, -0.05) is 91.0 Å². The normalized spacial score (nSPS) is 19.3. The zero-order chi connectivity index (χ0) is 20.1. The summed E-state index contributed by atoms with van der Waals surface area (Å²) in [7, 11) is 0. The first kappa shape index (κ1) is 19.8. The Labute approximate surface area is 173 Å². The summed E-state index contributed by atoms with van der Waals surface area (Å²) < 4.78 is 12.3. The van der Waals surface area contributed by atoms with Gasteiger partial charge in [-0.2, -0.15) is 0 Å². The largest absolute Gasteiger partial charge is 0.348 e. The Morgan fingerprint density at radius 2 is 1.28 bits per heavy atom. The second kappa shape index (κ2) is 8.91. The summed E-state index contributed by atoms with van der Waals surface area (Å²) in [6.45, 7) is 6.26. The fourth-order valence-corrected chi connectivity index (χ4v) is 4.07. The van der Waals surface area contributed by atoms with Crippen LogP contribution in [0.15, 0.2) is 91.0 Å². The zero-order valence-electron chi connectivity index (χ0n) is 17.2. The van der Waals surface area contributed by atoms with Gasteiger partial charge in [0.2, 0.25) is 0 Å². The maximum Gasteiger partial charge on any atom is 0.163 e. The number of ether oxygens (including phenoxy) is 2. The fourth-order valence-electron chi connectivity index (χ4n) is 4.07. The minimum atomic E-state index is -0.553. The van der Waals surface area contributed by atoms with Crippen LogP contribution in [0.1, 0.15) is 36.6 Å². The maximum atomic E-state index is 6.36. The molecule has 1 aliphatic rings. The van der Waals surface area contributed by atoms with Crippen molar-refractivity contribution in [2.75, 3.05) is 6.61 Å². The van der Waals surface area contributed by atoms with Crippen LogP contribution in [0.25, 0.3) is 0 Å². The molecule has 0 amide bonds. The van der Waals surface area contributed by atoms with Gasteiger partial charge in [-0.15, -0.1) is 0 Å². The molecule has 4 rings (SSSR count). The lowest BCUT2D eigenvalue weighted by Gasteiger charge is -2.36. The molecule has 150 valence electrons. The Bertz CT molecular complexity index is 839. The van der Waals surface area contributed by atoms with Crippen molar-refractivity contribution in [3.05, 3.63) is 108 Å². The molecule has 1 saturated heterocycles. The average Bonchev–Trinajstić information content (AvgIpc) is 3.10. The molecule has 1 aliphatic heterocycles. The van der Waals surface area contributed by atoms with Crippen molar-refractivity contribution in [1.82, 2.24) is 4.90 Å². The molecule has 2 unspecified atom stereocenters. The second-order valence-corrected chi connectivity index (χ2v) is 8.10. The van der Waals surface area contributed by atoms with Gasteiger partial charge in [-0.3, -0.25) is 4.90 Å².